The van der Waals surface area contributed by atoms with E-state index in [0.717, 1.165) is 58.1 Å². The molecule has 0 amide bonds. The van der Waals surface area contributed by atoms with E-state index in [0.29, 0.717) is 13.2 Å². The van der Waals surface area contributed by atoms with Gasteiger partial charge in [0.1, 0.15) is 0 Å². The van der Waals surface area contributed by atoms with Gasteiger partial charge < -0.3 is 25.0 Å². The molecule has 0 aromatic carbocycles. The van der Waals surface area contributed by atoms with Crippen molar-refractivity contribution in [1.29, 1.82) is 0 Å². The lowest BCUT2D eigenvalue weighted by Crippen LogP contribution is -2.39. The van der Waals surface area contributed by atoms with Gasteiger partial charge in [-0.15, -0.1) is 24.0 Å². The van der Waals surface area contributed by atoms with E-state index in [1.807, 2.05) is 0 Å². The molecule has 0 aliphatic rings. The normalized spacial score (nSPS) is 11.4. The molecular formula is C15H35IN4O2. The van der Waals surface area contributed by atoms with Crippen LogP contribution in [0.3, 0.4) is 0 Å². The van der Waals surface area contributed by atoms with Gasteiger partial charge in [-0.05, 0) is 32.5 Å². The Kier molecular flexibility index (Phi) is 20.8. The minimum atomic E-state index is 0. The zero-order chi connectivity index (χ0) is 15.8. The van der Waals surface area contributed by atoms with Crippen LogP contribution in [-0.2, 0) is 9.47 Å². The quantitative estimate of drug-likeness (QED) is 0.201. The molecule has 0 spiro atoms. The molecule has 0 aliphatic carbocycles. The first-order valence-electron chi connectivity index (χ1n) is 8.02. The lowest BCUT2D eigenvalue weighted by molar-refractivity contribution is 0.0698. The van der Waals surface area contributed by atoms with Gasteiger partial charge >= 0.3 is 0 Å². The molecule has 0 aromatic heterocycles. The molecule has 134 valence electrons. The molecule has 0 bridgehead atoms. The number of methoxy groups -OCH3 is 1. The standard InChI is InChI=1S/C15H34N4O2.HI/c1-5-19(6-2)11-7-9-17-15(16-3)18-10-8-12-21-14-13-20-4;/h5-14H2,1-4H3,(H2,16,17,18);1H. The molecule has 0 rings (SSSR count). The van der Waals surface area contributed by atoms with Crippen LogP contribution in [0.2, 0.25) is 0 Å². The fraction of sp³-hybridized carbons (Fsp3) is 0.933. The summed E-state index contributed by atoms with van der Waals surface area (Å²) in [6, 6.07) is 0. The Bertz CT molecular complexity index is 252. The van der Waals surface area contributed by atoms with Gasteiger partial charge in [-0.3, -0.25) is 4.99 Å². The summed E-state index contributed by atoms with van der Waals surface area (Å²) in [4.78, 5) is 6.64. The number of halogens is 1. The Hall–Kier alpha value is -0.120. The number of ether oxygens (including phenoxy) is 2. The van der Waals surface area contributed by atoms with Crippen LogP contribution in [0.1, 0.15) is 26.7 Å². The summed E-state index contributed by atoms with van der Waals surface area (Å²) in [7, 11) is 3.48. The van der Waals surface area contributed by atoms with Gasteiger partial charge in [0.05, 0.1) is 13.2 Å². The smallest absolute Gasteiger partial charge is 0.190 e. The Morgan fingerprint density at radius 2 is 1.64 bits per heavy atom. The summed E-state index contributed by atoms with van der Waals surface area (Å²) in [5.74, 6) is 0.867. The molecular weight excluding hydrogens is 395 g/mol. The topological polar surface area (TPSA) is 58.1 Å². The summed E-state index contributed by atoms with van der Waals surface area (Å²) in [6.07, 6.45) is 2.09. The molecule has 0 fully saturated rings. The molecule has 0 unspecified atom stereocenters. The van der Waals surface area contributed by atoms with Gasteiger partial charge in [-0.2, -0.15) is 0 Å². The van der Waals surface area contributed by atoms with E-state index in [1.54, 1.807) is 14.2 Å². The third kappa shape index (κ3) is 14.8. The first kappa shape index (κ1) is 24.1. The van der Waals surface area contributed by atoms with Gasteiger partial charge in [0.25, 0.3) is 0 Å². The summed E-state index contributed by atoms with van der Waals surface area (Å²) in [6.45, 7) is 11.6. The number of nitrogens with one attached hydrogen (secondary N) is 2. The largest absolute Gasteiger partial charge is 0.382 e. The second kappa shape index (κ2) is 18.9. The fourth-order valence-corrected chi connectivity index (χ4v) is 1.90. The number of guanidine groups is 1. The Morgan fingerprint density at radius 3 is 2.18 bits per heavy atom. The highest BCUT2D eigenvalue weighted by atomic mass is 127. The first-order chi connectivity index (χ1) is 10.3. The second-order valence-electron chi connectivity index (χ2n) is 4.76. The van der Waals surface area contributed by atoms with Crippen molar-refractivity contribution in [1.82, 2.24) is 15.5 Å². The van der Waals surface area contributed by atoms with Crippen molar-refractivity contribution in [3.05, 3.63) is 0 Å². The maximum Gasteiger partial charge on any atom is 0.190 e. The van der Waals surface area contributed by atoms with Crippen LogP contribution in [-0.4, -0.2) is 77.6 Å². The Balaban J connectivity index is 0. The van der Waals surface area contributed by atoms with Gasteiger partial charge in [0.2, 0.25) is 0 Å². The van der Waals surface area contributed by atoms with Crippen LogP contribution in [0.5, 0.6) is 0 Å². The highest BCUT2D eigenvalue weighted by molar-refractivity contribution is 14.0. The van der Waals surface area contributed by atoms with Crippen LogP contribution >= 0.6 is 24.0 Å². The third-order valence-electron chi connectivity index (χ3n) is 3.25. The maximum atomic E-state index is 5.41. The average molecular weight is 430 g/mol. The summed E-state index contributed by atoms with van der Waals surface area (Å²) in [5.41, 5.74) is 0. The molecule has 6 nitrogen and oxygen atoms in total. The molecule has 0 aliphatic heterocycles. The monoisotopic (exact) mass is 430 g/mol. The minimum Gasteiger partial charge on any atom is -0.382 e. The molecule has 0 atom stereocenters. The number of hydrogen-bond donors (Lipinski definition) is 2. The molecule has 22 heavy (non-hydrogen) atoms. The van der Waals surface area contributed by atoms with E-state index in [9.17, 15) is 0 Å². The van der Waals surface area contributed by atoms with Gasteiger partial charge in [-0.1, -0.05) is 13.8 Å². The second-order valence-corrected chi connectivity index (χ2v) is 4.76. The molecule has 7 heteroatoms. The fourth-order valence-electron chi connectivity index (χ4n) is 1.90. The van der Waals surface area contributed by atoms with Crippen LogP contribution in [0.15, 0.2) is 4.99 Å². The summed E-state index contributed by atoms with van der Waals surface area (Å²) >= 11 is 0. The molecule has 2 N–H and O–H groups in total. The Labute approximate surface area is 153 Å². The Morgan fingerprint density at radius 1 is 1.00 bits per heavy atom. The van der Waals surface area contributed by atoms with Crippen molar-refractivity contribution < 1.29 is 9.47 Å². The van der Waals surface area contributed by atoms with Crippen LogP contribution in [0.25, 0.3) is 0 Å². The van der Waals surface area contributed by atoms with Crippen molar-refractivity contribution in [2.75, 3.05) is 66.7 Å². The van der Waals surface area contributed by atoms with E-state index in [4.69, 9.17) is 9.47 Å². The highest BCUT2D eigenvalue weighted by Crippen LogP contribution is 1.89. The third-order valence-corrected chi connectivity index (χ3v) is 3.25. The van der Waals surface area contributed by atoms with Crippen molar-refractivity contribution in [2.24, 2.45) is 4.99 Å². The number of rotatable bonds is 13. The molecule has 0 radical (unpaired) electrons. The van der Waals surface area contributed by atoms with E-state index in [2.05, 4.69) is 34.4 Å². The van der Waals surface area contributed by atoms with E-state index >= 15 is 0 Å². The zero-order valence-corrected chi connectivity index (χ0v) is 17.0. The molecule has 0 aromatic rings. The van der Waals surface area contributed by atoms with Crippen molar-refractivity contribution in [2.45, 2.75) is 26.7 Å². The molecule has 0 saturated carbocycles. The average Bonchev–Trinajstić information content (AvgIpc) is 2.52. The lowest BCUT2D eigenvalue weighted by atomic mass is 10.3. The summed E-state index contributed by atoms with van der Waals surface area (Å²) < 4.78 is 10.3. The number of nitrogens with zero attached hydrogens (tertiary/aromatic N) is 2. The van der Waals surface area contributed by atoms with Crippen molar-refractivity contribution in [3.8, 4) is 0 Å². The van der Waals surface area contributed by atoms with E-state index in [1.165, 1.54) is 0 Å². The van der Waals surface area contributed by atoms with Crippen LogP contribution in [0.4, 0.5) is 0 Å². The molecule has 0 heterocycles. The predicted octanol–water partition coefficient (Wildman–Crippen LogP) is 1.55. The molecule has 0 saturated heterocycles. The minimum absolute atomic E-state index is 0. The summed E-state index contributed by atoms with van der Waals surface area (Å²) in [5, 5.41) is 6.63. The van der Waals surface area contributed by atoms with Gasteiger partial charge in [-0.25, -0.2) is 0 Å². The highest BCUT2D eigenvalue weighted by Gasteiger charge is 2.00. The number of aliphatic imine (C=N–C) groups is 1. The van der Waals surface area contributed by atoms with Crippen LogP contribution < -0.4 is 10.6 Å². The van der Waals surface area contributed by atoms with Gasteiger partial charge in [0, 0.05) is 33.9 Å². The SMILES string of the molecule is CCN(CC)CCCNC(=NC)NCCCOCCOC.I. The maximum absolute atomic E-state index is 5.41. The lowest BCUT2D eigenvalue weighted by Gasteiger charge is -2.18. The van der Waals surface area contributed by atoms with Gasteiger partial charge in [0.15, 0.2) is 5.96 Å². The zero-order valence-electron chi connectivity index (χ0n) is 14.7. The number of hydrogen-bond acceptors (Lipinski definition) is 4. The predicted molar refractivity (Wildman–Crippen MR) is 104 cm³/mol. The van der Waals surface area contributed by atoms with E-state index < -0.39 is 0 Å². The van der Waals surface area contributed by atoms with Crippen LogP contribution in [0, 0.1) is 0 Å². The first-order valence-corrected chi connectivity index (χ1v) is 8.02. The van der Waals surface area contributed by atoms with E-state index in [-0.39, 0.29) is 24.0 Å². The van der Waals surface area contributed by atoms with Crippen molar-refractivity contribution >= 4 is 29.9 Å². The van der Waals surface area contributed by atoms with Crippen molar-refractivity contribution in [3.63, 3.8) is 0 Å².